The lowest BCUT2D eigenvalue weighted by atomic mass is 9.95. The lowest BCUT2D eigenvalue weighted by molar-refractivity contribution is 0.838. The molecular weight excluding hydrogens is 216 g/mol. The lowest BCUT2D eigenvalue weighted by Gasteiger charge is -2.16. The lowest BCUT2D eigenvalue weighted by Crippen LogP contribution is -2.14. The molecule has 0 saturated heterocycles. The third kappa shape index (κ3) is 2.01. The average Bonchev–Trinajstić information content (AvgIpc) is 2.67. The van der Waals surface area contributed by atoms with Crippen LogP contribution in [0.3, 0.4) is 0 Å². The molecule has 0 spiro atoms. The number of hydrogen-bond acceptors (Lipinski definition) is 3. The maximum absolute atomic E-state index is 6.26. The Bertz CT molecular complexity index is 466. The topological polar surface area (TPSA) is 38.9 Å². The highest BCUT2D eigenvalue weighted by atomic mass is 32.1. The van der Waals surface area contributed by atoms with E-state index in [9.17, 15) is 0 Å². The molecular formula is C13H16N2S. The van der Waals surface area contributed by atoms with Crippen LogP contribution < -0.4 is 5.73 Å². The SMILES string of the molecule is Cc1cc(C)c(C(N)c2nccs2)c(C)c1. The summed E-state index contributed by atoms with van der Waals surface area (Å²) >= 11 is 1.61. The van der Waals surface area contributed by atoms with E-state index in [1.54, 1.807) is 17.5 Å². The predicted octanol–water partition coefficient (Wildman–Crippen LogP) is 3.12. The average molecular weight is 232 g/mol. The minimum absolute atomic E-state index is 0.0967. The Morgan fingerprint density at radius 1 is 1.19 bits per heavy atom. The molecule has 0 radical (unpaired) electrons. The van der Waals surface area contributed by atoms with Gasteiger partial charge in [-0.2, -0.15) is 0 Å². The Labute approximate surface area is 100 Å². The van der Waals surface area contributed by atoms with E-state index in [1.807, 2.05) is 5.38 Å². The largest absolute Gasteiger partial charge is 0.318 e. The van der Waals surface area contributed by atoms with E-state index in [1.165, 1.54) is 22.3 Å². The summed E-state index contributed by atoms with van der Waals surface area (Å²) in [5.74, 6) is 0. The summed E-state index contributed by atoms with van der Waals surface area (Å²) < 4.78 is 0. The van der Waals surface area contributed by atoms with Crippen molar-refractivity contribution in [2.45, 2.75) is 26.8 Å². The van der Waals surface area contributed by atoms with Crippen LogP contribution in [0.15, 0.2) is 23.7 Å². The van der Waals surface area contributed by atoms with Gasteiger partial charge < -0.3 is 5.73 Å². The molecule has 0 amide bonds. The summed E-state index contributed by atoms with van der Waals surface area (Å²) in [6.07, 6.45) is 1.80. The van der Waals surface area contributed by atoms with Gasteiger partial charge in [-0.15, -0.1) is 11.3 Å². The van der Waals surface area contributed by atoms with Crippen LogP contribution in [0, 0.1) is 20.8 Å². The first-order valence-electron chi connectivity index (χ1n) is 5.32. The first-order valence-corrected chi connectivity index (χ1v) is 6.20. The van der Waals surface area contributed by atoms with Gasteiger partial charge in [-0.3, -0.25) is 0 Å². The summed E-state index contributed by atoms with van der Waals surface area (Å²) in [5.41, 5.74) is 11.3. The van der Waals surface area contributed by atoms with Crippen LogP contribution in [0.2, 0.25) is 0 Å². The minimum atomic E-state index is -0.0967. The molecule has 1 atom stereocenters. The van der Waals surface area contributed by atoms with Crippen LogP contribution >= 0.6 is 11.3 Å². The van der Waals surface area contributed by atoms with Crippen molar-refractivity contribution in [1.82, 2.24) is 4.98 Å². The summed E-state index contributed by atoms with van der Waals surface area (Å²) in [4.78, 5) is 4.29. The van der Waals surface area contributed by atoms with Crippen molar-refractivity contribution in [2.24, 2.45) is 5.73 Å². The van der Waals surface area contributed by atoms with Crippen molar-refractivity contribution in [3.8, 4) is 0 Å². The number of aromatic nitrogens is 1. The van der Waals surface area contributed by atoms with E-state index in [-0.39, 0.29) is 6.04 Å². The number of benzene rings is 1. The van der Waals surface area contributed by atoms with E-state index >= 15 is 0 Å². The fourth-order valence-corrected chi connectivity index (χ4v) is 2.84. The fraction of sp³-hybridized carbons (Fsp3) is 0.308. The third-order valence-corrected chi connectivity index (χ3v) is 3.63. The second-order valence-corrected chi connectivity index (χ2v) is 5.09. The van der Waals surface area contributed by atoms with E-state index in [0.29, 0.717) is 0 Å². The van der Waals surface area contributed by atoms with Gasteiger partial charge >= 0.3 is 0 Å². The number of hydrogen-bond donors (Lipinski definition) is 1. The molecule has 16 heavy (non-hydrogen) atoms. The maximum atomic E-state index is 6.26. The van der Waals surface area contributed by atoms with Gasteiger partial charge in [0.1, 0.15) is 5.01 Å². The Balaban J connectivity index is 2.48. The molecule has 2 rings (SSSR count). The fourth-order valence-electron chi connectivity index (χ4n) is 2.19. The van der Waals surface area contributed by atoms with Gasteiger partial charge in [0.2, 0.25) is 0 Å². The number of aryl methyl sites for hydroxylation is 3. The van der Waals surface area contributed by atoms with Crippen LogP contribution in [-0.4, -0.2) is 4.98 Å². The zero-order chi connectivity index (χ0) is 11.7. The van der Waals surface area contributed by atoms with Crippen LogP contribution in [-0.2, 0) is 0 Å². The predicted molar refractivity (Wildman–Crippen MR) is 68.8 cm³/mol. The standard InChI is InChI=1S/C13H16N2S/c1-8-6-9(2)11(10(3)7-8)12(14)13-15-4-5-16-13/h4-7,12H,14H2,1-3H3. The van der Waals surface area contributed by atoms with Crippen LogP contribution in [0.1, 0.15) is 33.3 Å². The van der Waals surface area contributed by atoms with Crippen molar-refractivity contribution >= 4 is 11.3 Å². The molecule has 2 nitrogen and oxygen atoms in total. The van der Waals surface area contributed by atoms with Crippen molar-refractivity contribution in [2.75, 3.05) is 0 Å². The second kappa shape index (κ2) is 4.36. The molecule has 84 valence electrons. The minimum Gasteiger partial charge on any atom is -0.318 e. The van der Waals surface area contributed by atoms with E-state index < -0.39 is 0 Å². The van der Waals surface area contributed by atoms with Gasteiger partial charge in [-0.25, -0.2) is 4.98 Å². The van der Waals surface area contributed by atoms with E-state index in [4.69, 9.17) is 5.73 Å². The Kier molecular flexibility index (Phi) is 3.08. The Morgan fingerprint density at radius 3 is 2.31 bits per heavy atom. The monoisotopic (exact) mass is 232 g/mol. The van der Waals surface area contributed by atoms with Crippen molar-refractivity contribution < 1.29 is 0 Å². The van der Waals surface area contributed by atoms with Crippen molar-refractivity contribution in [3.05, 3.63) is 51.0 Å². The van der Waals surface area contributed by atoms with Gasteiger partial charge in [-0.05, 0) is 37.5 Å². The molecule has 0 fully saturated rings. The molecule has 2 N–H and O–H groups in total. The quantitative estimate of drug-likeness (QED) is 0.864. The molecule has 1 aromatic carbocycles. The first-order chi connectivity index (χ1) is 7.59. The third-order valence-electron chi connectivity index (χ3n) is 2.77. The number of rotatable bonds is 2. The molecule has 1 aromatic heterocycles. The molecule has 0 aliphatic rings. The van der Waals surface area contributed by atoms with Gasteiger partial charge in [0.15, 0.2) is 0 Å². The van der Waals surface area contributed by atoms with E-state index in [2.05, 4.69) is 37.9 Å². The number of nitrogens with zero attached hydrogens (tertiary/aromatic N) is 1. The number of thiazole rings is 1. The molecule has 1 heterocycles. The molecule has 0 saturated carbocycles. The van der Waals surface area contributed by atoms with Crippen LogP contribution in [0.25, 0.3) is 0 Å². The number of nitrogens with two attached hydrogens (primary N) is 1. The van der Waals surface area contributed by atoms with Gasteiger partial charge in [0.05, 0.1) is 6.04 Å². The molecule has 0 aliphatic heterocycles. The zero-order valence-electron chi connectivity index (χ0n) is 9.82. The smallest absolute Gasteiger partial charge is 0.114 e. The van der Waals surface area contributed by atoms with Gasteiger partial charge in [0.25, 0.3) is 0 Å². The van der Waals surface area contributed by atoms with Crippen LogP contribution in [0.4, 0.5) is 0 Å². The van der Waals surface area contributed by atoms with Crippen LogP contribution in [0.5, 0.6) is 0 Å². The summed E-state index contributed by atoms with van der Waals surface area (Å²) in [7, 11) is 0. The highest BCUT2D eigenvalue weighted by Gasteiger charge is 2.16. The molecule has 0 aliphatic carbocycles. The first kappa shape index (κ1) is 11.3. The normalized spacial score (nSPS) is 12.8. The van der Waals surface area contributed by atoms with E-state index in [0.717, 1.165) is 5.01 Å². The summed E-state index contributed by atoms with van der Waals surface area (Å²) in [5, 5.41) is 2.95. The molecule has 2 aromatic rings. The van der Waals surface area contributed by atoms with Crippen molar-refractivity contribution in [3.63, 3.8) is 0 Å². The summed E-state index contributed by atoms with van der Waals surface area (Å²) in [6, 6.07) is 4.26. The highest BCUT2D eigenvalue weighted by Crippen LogP contribution is 2.27. The highest BCUT2D eigenvalue weighted by molar-refractivity contribution is 7.09. The molecule has 0 bridgehead atoms. The molecule has 3 heteroatoms. The maximum Gasteiger partial charge on any atom is 0.114 e. The summed E-state index contributed by atoms with van der Waals surface area (Å²) in [6.45, 7) is 6.34. The zero-order valence-corrected chi connectivity index (χ0v) is 10.6. The molecule has 1 unspecified atom stereocenters. The Hall–Kier alpha value is -1.19. The van der Waals surface area contributed by atoms with Gasteiger partial charge in [0, 0.05) is 11.6 Å². The van der Waals surface area contributed by atoms with Crippen molar-refractivity contribution in [1.29, 1.82) is 0 Å². The Morgan fingerprint density at radius 2 is 1.81 bits per heavy atom. The van der Waals surface area contributed by atoms with Gasteiger partial charge in [-0.1, -0.05) is 17.7 Å². The second-order valence-electron chi connectivity index (χ2n) is 4.16.